The molecule has 0 aliphatic carbocycles. The van der Waals surface area contributed by atoms with Crippen LogP contribution in [0.1, 0.15) is 26.8 Å². The monoisotopic (exact) mass is 254 g/mol. The first-order chi connectivity index (χ1) is 8.54. The second kappa shape index (κ2) is 6.63. The maximum absolute atomic E-state index is 11.5. The smallest absolute Gasteiger partial charge is 0.325 e. The van der Waals surface area contributed by atoms with Crippen LogP contribution < -0.4 is 10.6 Å². The van der Waals surface area contributed by atoms with E-state index in [1.165, 1.54) is 0 Å². The van der Waals surface area contributed by atoms with Gasteiger partial charge in [-0.15, -0.1) is 0 Å². The summed E-state index contributed by atoms with van der Waals surface area (Å²) in [5, 5.41) is 9.09. The van der Waals surface area contributed by atoms with E-state index in [9.17, 15) is 9.59 Å². The lowest BCUT2D eigenvalue weighted by Crippen LogP contribution is -2.34. The summed E-state index contributed by atoms with van der Waals surface area (Å²) >= 11 is 0. The van der Waals surface area contributed by atoms with Gasteiger partial charge in [-0.2, -0.15) is 5.10 Å². The number of nitrogens with zero attached hydrogens (tertiary/aromatic N) is 2. The van der Waals surface area contributed by atoms with Gasteiger partial charge in [0.15, 0.2) is 0 Å². The van der Waals surface area contributed by atoms with Crippen molar-refractivity contribution in [2.75, 3.05) is 18.5 Å². The molecule has 1 heterocycles. The first kappa shape index (κ1) is 14.0. The van der Waals surface area contributed by atoms with Crippen LogP contribution in [0, 0.1) is 0 Å². The fraction of sp³-hybridized carbons (Fsp3) is 0.545. The zero-order valence-corrected chi connectivity index (χ0v) is 10.8. The Labute approximate surface area is 105 Å². The van der Waals surface area contributed by atoms with Crippen molar-refractivity contribution in [3.8, 4) is 0 Å². The Morgan fingerprint density at radius 2 is 2.22 bits per heavy atom. The summed E-state index contributed by atoms with van der Waals surface area (Å²) in [6.07, 6.45) is 1.60. The minimum Gasteiger partial charge on any atom is -0.465 e. The topological polar surface area (TPSA) is 85.2 Å². The summed E-state index contributed by atoms with van der Waals surface area (Å²) in [6.45, 7) is 5.75. The molecule has 1 aromatic heterocycles. The third kappa shape index (κ3) is 4.08. The predicted molar refractivity (Wildman–Crippen MR) is 66.3 cm³/mol. The van der Waals surface area contributed by atoms with Crippen molar-refractivity contribution in [3.63, 3.8) is 0 Å². The van der Waals surface area contributed by atoms with Crippen molar-refractivity contribution in [1.29, 1.82) is 0 Å². The summed E-state index contributed by atoms with van der Waals surface area (Å²) in [4.78, 5) is 22.6. The summed E-state index contributed by atoms with van der Waals surface area (Å²) in [5.74, 6) is 0.108. The van der Waals surface area contributed by atoms with Crippen molar-refractivity contribution in [2.24, 2.45) is 0 Å². The summed E-state index contributed by atoms with van der Waals surface area (Å²) in [6, 6.07) is 1.36. The van der Waals surface area contributed by atoms with Crippen molar-refractivity contribution >= 4 is 17.8 Å². The number of carbonyl (C=O) groups is 2. The highest BCUT2D eigenvalue weighted by Crippen LogP contribution is 2.12. The van der Waals surface area contributed by atoms with Gasteiger partial charge in [-0.3, -0.25) is 10.1 Å². The van der Waals surface area contributed by atoms with E-state index in [0.717, 1.165) is 0 Å². The van der Waals surface area contributed by atoms with Crippen LogP contribution in [0.4, 0.5) is 10.6 Å². The van der Waals surface area contributed by atoms with Gasteiger partial charge in [-0.05, 0) is 20.8 Å². The van der Waals surface area contributed by atoms with Crippen molar-refractivity contribution in [2.45, 2.75) is 26.8 Å². The first-order valence-corrected chi connectivity index (χ1v) is 5.78. The zero-order valence-electron chi connectivity index (χ0n) is 10.8. The molecule has 0 saturated heterocycles. The van der Waals surface area contributed by atoms with Gasteiger partial charge in [0.05, 0.1) is 12.8 Å². The Bertz CT molecular complexity index is 414. The zero-order chi connectivity index (χ0) is 13.5. The minimum absolute atomic E-state index is 0.139. The number of urea groups is 1. The average molecular weight is 254 g/mol. The molecular formula is C11H18N4O3. The van der Waals surface area contributed by atoms with Crippen LogP contribution in [0.2, 0.25) is 0 Å². The van der Waals surface area contributed by atoms with Crippen molar-refractivity contribution in [3.05, 3.63) is 12.3 Å². The molecule has 0 radical (unpaired) electrons. The van der Waals surface area contributed by atoms with E-state index in [2.05, 4.69) is 15.7 Å². The van der Waals surface area contributed by atoms with E-state index in [4.69, 9.17) is 4.74 Å². The number of carbonyl (C=O) groups excluding carboxylic acids is 2. The first-order valence-electron chi connectivity index (χ1n) is 5.78. The van der Waals surface area contributed by atoms with Crippen LogP contribution in [0.25, 0.3) is 0 Å². The van der Waals surface area contributed by atoms with E-state index in [0.29, 0.717) is 12.4 Å². The van der Waals surface area contributed by atoms with Crippen LogP contribution >= 0.6 is 0 Å². The molecule has 0 fully saturated rings. The number of aromatic nitrogens is 2. The molecule has 0 aliphatic heterocycles. The maximum atomic E-state index is 11.5. The normalized spacial score (nSPS) is 10.2. The molecular weight excluding hydrogens is 236 g/mol. The van der Waals surface area contributed by atoms with E-state index in [1.54, 1.807) is 23.9 Å². The molecule has 0 bridgehead atoms. The number of rotatable bonds is 5. The number of hydrogen-bond donors (Lipinski definition) is 2. The van der Waals surface area contributed by atoms with Gasteiger partial charge >= 0.3 is 12.0 Å². The third-order valence-electron chi connectivity index (χ3n) is 2.10. The van der Waals surface area contributed by atoms with Gasteiger partial charge in [-0.25, -0.2) is 9.48 Å². The molecule has 7 heteroatoms. The molecule has 1 aromatic rings. The van der Waals surface area contributed by atoms with Crippen LogP contribution in [0.15, 0.2) is 12.3 Å². The quantitative estimate of drug-likeness (QED) is 0.772. The number of esters is 1. The van der Waals surface area contributed by atoms with Crippen LogP contribution in [0.3, 0.4) is 0 Å². The molecule has 0 unspecified atom stereocenters. The lowest BCUT2D eigenvalue weighted by Gasteiger charge is -2.12. The van der Waals surface area contributed by atoms with Crippen LogP contribution in [0.5, 0.6) is 0 Å². The largest absolute Gasteiger partial charge is 0.465 e. The van der Waals surface area contributed by atoms with Gasteiger partial charge in [0.25, 0.3) is 0 Å². The molecule has 18 heavy (non-hydrogen) atoms. The van der Waals surface area contributed by atoms with Crippen LogP contribution in [-0.4, -0.2) is 34.9 Å². The number of ether oxygens (including phenoxy) is 1. The highest BCUT2D eigenvalue weighted by atomic mass is 16.5. The molecule has 2 amide bonds. The fourth-order valence-corrected chi connectivity index (χ4v) is 1.35. The summed E-state index contributed by atoms with van der Waals surface area (Å²) in [5.41, 5.74) is 0. The Morgan fingerprint density at radius 1 is 1.50 bits per heavy atom. The van der Waals surface area contributed by atoms with E-state index < -0.39 is 12.0 Å². The summed E-state index contributed by atoms with van der Waals surface area (Å²) < 4.78 is 6.36. The average Bonchev–Trinajstić information content (AvgIpc) is 2.75. The number of hydrogen-bond acceptors (Lipinski definition) is 4. The predicted octanol–water partition coefficient (Wildman–Crippen LogP) is 1.15. The fourth-order valence-electron chi connectivity index (χ4n) is 1.35. The van der Waals surface area contributed by atoms with Gasteiger partial charge in [0.2, 0.25) is 0 Å². The van der Waals surface area contributed by atoms with Gasteiger partial charge in [0, 0.05) is 12.1 Å². The standard InChI is InChI=1S/C11H18N4O3/c1-4-18-10(16)7-12-11(17)14-9-5-6-13-15(9)8(2)3/h5-6,8H,4,7H2,1-3H3,(H2,12,14,17). The highest BCUT2D eigenvalue weighted by Gasteiger charge is 2.10. The maximum Gasteiger partial charge on any atom is 0.325 e. The number of amides is 2. The lowest BCUT2D eigenvalue weighted by atomic mass is 10.4. The van der Waals surface area contributed by atoms with Gasteiger partial charge < -0.3 is 10.1 Å². The molecule has 1 rings (SSSR count). The van der Waals surface area contributed by atoms with E-state index >= 15 is 0 Å². The van der Waals surface area contributed by atoms with Gasteiger partial charge in [-0.1, -0.05) is 0 Å². The Kier molecular flexibility index (Phi) is 5.16. The molecule has 100 valence electrons. The second-order valence-corrected chi connectivity index (χ2v) is 3.87. The molecule has 0 atom stereocenters. The van der Waals surface area contributed by atoms with E-state index in [-0.39, 0.29) is 12.6 Å². The molecule has 0 aromatic carbocycles. The lowest BCUT2D eigenvalue weighted by molar-refractivity contribution is -0.141. The molecule has 0 saturated carbocycles. The van der Waals surface area contributed by atoms with E-state index in [1.807, 2.05) is 13.8 Å². The number of nitrogens with one attached hydrogen (secondary N) is 2. The second-order valence-electron chi connectivity index (χ2n) is 3.87. The summed E-state index contributed by atoms with van der Waals surface area (Å²) in [7, 11) is 0. The highest BCUT2D eigenvalue weighted by molar-refractivity contribution is 5.90. The molecule has 2 N–H and O–H groups in total. The Morgan fingerprint density at radius 3 is 2.83 bits per heavy atom. The minimum atomic E-state index is -0.468. The van der Waals surface area contributed by atoms with Gasteiger partial charge in [0.1, 0.15) is 12.4 Å². The molecule has 7 nitrogen and oxygen atoms in total. The third-order valence-corrected chi connectivity index (χ3v) is 2.10. The van der Waals surface area contributed by atoms with Crippen molar-refractivity contribution < 1.29 is 14.3 Å². The molecule has 0 aliphatic rings. The van der Waals surface area contributed by atoms with Crippen molar-refractivity contribution in [1.82, 2.24) is 15.1 Å². The Balaban J connectivity index is 2.45. The molecule has 0 spiro atoms. The Hall–Kier alpha value is -2.05. The van der Waals surface area contributed by atoms with Crippen LogP contribution in [-0.2, 0) is 9.53 Å². The number of anilines is 1. The SMILES string of the molecule is CCOC(=O)CNC(=O)Nc1ccnn1C(C)C.